The highest BCUT2D eigenvalue weighted by Crippen LogP contribution is 2.30. The lowest BCUT2D eigenvalue weighted by molar-refractivity contribution is -0.140. The maximum absolute atomic E-state index is 12.8. The number of nitrogens with one attached hydrogen (secondary N) is 2. The lowest BCUT2D eigenvalue weighted by Crippen LogP contribution is -2.42. The van der Waals surface area contributed by atoms with E-state index >= 15 is 0 Å². The van der Waals surface area contributed by atoms with Gasteiger partial charge in [-0.15, -0.1) is 0 Å². The van der Waals surface area contributed by atoms with E-state index in [1.165, 1.54) is 7.11 Å². The van der Waals surface area contributed by atoms with E-state index in [1.54, 1.807) is 0 Å². The van der Waals surface area contributed by atoms with E-state index in [0.29, 0.717) is 37.8 Å². The van der Waals surface area contributed by atoms with Crippen LogP contribution in [0.2, 0.25) is 0 Å². The molecule has 0 heterocycles. The lowest BCUT2D eigenvalue weighted by Gasteiger charge is -2.30. The molecule has 0 aliphatic heterocycles. The van der Waals surface area contributed by atoms with Crippen LogP contribution in [0.25, 0.3) is 11.1 Å². The SMILES string of the molecule is COC(=O)CCc1ccc(-c2ccccc2)c(NC(=O)OC2CCC(NC(=O)OC(C)(C)C)CC2)c1. The first kappa shape index (κ1) is 27.0. The van der Waals surface area contributed by atoms with Gasteiger partial charge in [-0.1, -0.05) is 42.5 Å². The highest BCUT2D eigenvalue weighted by molar-refractivity contribution is 5.92. The molecule has 36 heavy (non-hydrogen) atoms. The number of esters is 1. The van der Waals surface area contributed by atoms with Crippen molar-refractivity contribution in [2.75, 3.05) is 12.4 Å². The Morgan fingerprint density at radius 1 is 0.944 bits per heavy atom. The molecule has 0 radical (unpaired) electrons. The number of rotatable bonds is 7. The van der Waals surface area contributed by atoms with Crippen molar-refractivity contribution < 1.29 is 28.6 Å². The van der Waals surface area contributed by atoms with Gasteiger partial charge in [0.25, 0.3) is 0 Å². The van der Waals surface area contributed by atoms with Crippen LogP contribution in [0.4, 0.5) is 15.3 Å². The molecule has 0 bridgehead atoms. The molecule has 0 atom stereocenters. The molecular formula is C28H36N2O6. The number of hydrogen-bond donors (Lipinski definition) is 2. The Morgan fingerprint density at radius 3 is 2.28 bits per heavy atom. The van der Waals surface area contributed by atoms with Gasteiger partial charge in [-0.25, -0.2) is 9.59 Å². The average molecular weight is 497 g/mol. The third kappa shape index (κ3) is 8.59. The van der Waals surface area contributed by atoms with Crippen molar-refractivity contribution in [1.82, 2.24) is 5.32 Å². The fraction of sp³-hybridized carbons (Fsp3) is 0.464. The summed E-state index contributed by atoms with van der Waals surface area (Å²) in [4.78, 5) is 36.4. The Balaban J connectivity index is 1.60. The van der Waals surface area contributed by atoms with Crippen LogP contribution in [0.5, 0.6) is 0 Å². The van der Waals surface area contributed by atoms with Crippen LogP contribution in [-0.4, -0.2) is 43.0 Å². The van der Waals surface area contributed by atoms with Crippen molar-refractivity contribution in [2.24, 2.45) is 0 Å². The smallest absolute Gasteiger partial charge is 0.411 e. The molecule has 8 heteroatoms. The van der Waals surface area contributed by atoms with Gasteiger partial charge in [-0.3, -0.25) is 10.1 Å². The number of ether oxygens (including phenoxy) is 3. The molecular weight excluding hydrogens is 460 g/mol. The molecule has 2 aromatic carbocycles. The van der Waals surface area contributed by atoms with Gasteiger partial charge in [-0.05, 0) is 70.1 Å². The predicted octanol–water partition coefficient (Wildman–Crippen LogP) is 5.84. The zero-order valence-corrected chi connectivity index (χ0v) is 21.5. The Hall–Kier alpha value is -3.55. The van der Waals surface area contributed by atoms with Crippen molar-refractivity contribution in [3.05, 3.63) is 54.1 Å². The zero-order valence-electron chi connectivity index (χ0n) is 21.5. The van der Waals surface area contributed by atoms with E-state index in [1.807, 2.05) is 69.3 Å². The minimum absolute atomic E-state index is 0.000984. The number of carbonyl (C=O) groups is 3. The summed E-state index contributed by atoms with van der Waals surface area (Å²) in [6, 6.07) is 15.5. The van der Waals surface area contributed by atoms with Crippen LogP contribution in [0, 0.1) is 0 Å². The molecule has 1 saturated carbocycles. The van der Waals surface area contributed by atoms with Crippen molar-refractivity contribution in [1.29, 1.82) is 0 Å². The highest BCUT2D eigenvalue weighted by Gasteiger charge is 2.27. The summed E-state index contributed by atoms with van der Waals surface area (Å²) < 4.78 is 15.8. The van der Waals surface area contributed by atoms with Crippen LogP contribution in [-0.2, 0) is 25.4 Å². The van der Waals surface area contributed by atoms with E-state index in [9.17, 15) is 14.4 Å². The maximum atomic E-state index is 12.8. The van der Waals surface area contributed by atoms with Gasteiger partial charge in [0, 0.05) is 18.0 Å². The van der Waals surface area contributed by atoms with Crippen molar-refractivity contribution >= 4 is 23.8 Å². The predicted molar refractivity (Wildman–Crippen MR) is 138 cm³/mol. The molecule has 0 aromatic heterocycles. The average Bonchev–Trinajstić information content (AvgIpc) is 2.83. The molecule has 194 valence electrons. The van der Waals surface area contributed by atoms with Gasteiger partial charge < -0.3 is 19.5 Å². The van der Waals surface area contributed by atoms with Gasteiger partial charge >= 0.3 is 18.2 Å². The largest absolute Gasteiger partial charge is 0.469 e. The van der Waals surface area contributed by atoms with Gasteiger partial charge in [0.15, 0.2) is 0 Å². The first-order chi connectivity index (χ1) is 17.1. The number of amides is 2. The summed E-state index contributed by atoms with van der Waals surface area (Å²) in [7, 11) is 1.37. The van der Waals surface area contributed by atoms with Gasteiger partial charge in [-0.2, -0.15) is 0 Å². The second-order valence-electron chi connectivity index (χ2n) is 9.97. The molecule has 0 saturated heterocycles. The quantitative estimate of drug-likeness (QED) is 0.369. The van der Waals surface area contributed by atoms with E-state index < -0.39 is 17.8 Å². The van der Waals surface area contributed by atoms with Crippen molar-refractivity contribution in [2.45, 2.75) is 77.0 Å². The molecule has 0 unspecified atom stereocenters. The summed E-state index contributed by atoms with van der Waals surface area (Å²) in [5.41, 5.74) is 2.80. The third-order valence-corrected chi connectivity index (χ3v) is 5.92. The fourth-order valence-electron chi connectivity index (χ4n) is 4.16. The first-order valence-corrected chi connectivity index (χ1v) is 12.4. The number of anilines is 1. The number of hydrogen-bond acceptors (Lipinski definition) is 6. The minimum Gasteiger partial charge on any atom is -0.469 e. The summed E-state index contributed by atoms with van der Waals surface area (Å²) in [5.74, 6) is -0.284. The topological polar surface area (TPSA) is 103 Å². The number of carbonyl (C=O) groups excluding carboxylic acids is 3. The van der Waals surface area contributed by atoms with Crippen LogP contribution in [0.3, 0.4) is 0 Å². The number of benzene rings is 2. The second-order valence-corrected chi connectivity index (χ2v) is 9.97. The number of methoxy groups -OCH3 is 1. The summed E-state index contributed by atoms with van der Waals surface area (Å²) in [5, 5.41) is 5.80. The van der Waals surface area contributed by atoms with Gasteiger partial charge in [0.2, 0.25) is 0 Å². The molecule has 2 N–H and O–H groups in total. The lowest BCUT2D eigenvalue weighted by atomic mass is 9.93. The Labute approximate surface area is 212 Å². The highest BCUT2D eigenvalue weighted by atomic mass is 16.6. The Bertz CT molecular complexity index is 1040. The maximum Gasteiger partial charge on any atom is 0.411 e. The monoisotopic (exact) mass is 496 g/mol. The molecule has 2 aromatic rings. The number of aryl methyl sites for hydroxylation is 1. The molecule has 1 aliphatic carbocycles. The third-order valence-electron chi connectivity index (χ3n) is 5.92. The summed E-state index contributed by atoms with van der Waals surface area (Å²) >= 11 is 0. The van der Waals surface area contributed by atoms with Gasteiger partial charge in [0.05, 0.1) is 12.8 Å². The normalized spacial score (nSPS) is 17.6. The fourth-order valence-corrected chi connectivity index (χ4v) is 4.16. The van der Waals surface area contributed by atoms with E-state index in [0.717, 1.165) is 16.7 Å². The zero-order chi connectivity index (χ0) is 26.1. The molecule has 2 amide bonds. The van der Waals surface area contributed by atoms with Crippen LogP contribution < -0.4 is 10.6 Å². The summed E-state index contributed by atoms with van der Waals surface area (Å²) in [6.07, 6.45) is 2.28. The second kappa shape index (κ2) is 12.4. The minimum atomic E-state index is -0.544. The first-order valence-electron chi connectivity index (χ1n) is 12.4. The van der Waals surface area contributed by atoms with Crippen LogP contribution >= 0.6 is 0 Å². The standard InChI is InChI=1S/C28H36N2O6/c1-28(2,3)36-27(33)29-21-12-14-22(15-13-21)35-26(32)30-24-18-19(11-17-25(31)34-4)10-16-23(24)20-8-6-5-7-9-20/h5-10,16,18,21-22H,11-15,17H2,1-4H3,(H,29,33)(H,30,32). The molecule has 1 aliphatic rings. The Morgan fingerprint density at radius 2 is 1.64 bits per heavy atom. The van der Waals surface area contributed by atoms with E-state index in [2.05, 4.69) is 10.6 Å². The Kier molecular flexibility index (Phi) is 9.33. The molecule has 0 spiro atoms. The van der Waals surface area contributed by atoms with E-state index in [-0.39, 0.29) is 24.5 Å². The molecule has 8 nitrogen and oxygen atoms in total. The van der Waals surface area contributed by atoms with Gasteiger partial charge in [0.1, 0.15) is 11.7 Å². The molecule has 3 rings (SSSR count). The van der Waals surface area contributed by atoms with Crippen molar-refractivity contribution in [3.8, 4) is 11.1 Å². The summed E-state index contributed by atoms with van der Waals surface area (Å²) in [6.45, 7) is 5.48. The van der Waals surface area contributed by atoms with E-state index in [4.69, 9.17) is 14.2 Å². The van der Waals surface area contributed by atoms with Crippen molar-refractivity contribution in [3.63, 3.8) is 0 Å². The number of alkyl carbamates (subject to hydrolysis) is 1. The van der Waals surface area contributed by atoms with Crippen LogP contribution in [0.15, 0.2) is 48.5 Å². The molecule has 1 fully saturated rings. The van der Waals surface area contributed by atoms with Crippen LogP contribution in [0.1, 0.15) is 58.4 Å².